The lowest BCUT2D eigenvalue weighted by atomic mass is 9.76. The fraction of sp³-hybridized carbons (Fsp3) is 0.647. The third kappa shape index (κ3) is 2.18. The number of fused-ring (bicyclic) bond motifs is 3. The Labute approximate surface area is 121 Å². The van der Waals surface area contributed by atoms with Crippen molar-refractivity contribution in [2.45, 2.75) is 32.1 Å². The van der Waals surface area contributed by atoms with Crippen LogP contribution in [0, 0.1) is 5.92 Å². The Balaban J connectivity index is 1.98. The van der Waals surface area contributed by atoms with Gasteiger partial charge in [-0.1, -0.05) is 6.92 Å². The lowest BCUT2D eigenvalue weighted by Gasteiger charge is -2.30. The smallest absolute Gasteiger partial charge is 0.122 e. The Morgan fingerprint density at radius 1 is 1.15 bits per heavy atom. The highest BCUT2D eigenvalue weighted by atomic mass is 16.5. The highest BCUT2D eigenvalue weighted by Gasteiger charge is 2.39. The topological polar surface area (TPSA) is 21.7 Å². The van der Waals surface area contributed by atoms with Crippen molar-refractivity contribution in [2.24, 2.45) is 5.92 Å². The van der Waals surface area contributed by atoms with Gasteiger partial charge in [0.05, 0.1) is 14.2 Å². The van der Waals surface area contributed by atoms with Crippen molar-refractivity contribution in [2.75, 3.05) is 33.9 Å². The van der Waals surface area contributed by atoms with Crippen molar-refractivity contribution in [3.8, 4) is 11.5 Å². The maximum absolute atomic E-state index is 5.64. The van der Waals surface area contributed by atoms with Crippen LogP contribution in [0.15, 0.2) is 12.1 Å². The second-order valence-electron chi connectivity index (χ2n) is 6.03. The summed E-state index contributed by atoms with van der Waals surface area (Å²) in [5, 5.41) is 0. The number of likely N-dealkylation sites (tertiary alicyclic amines) is 1. The molecule has 1 aliphatic heterocycles. The molecule has 0 aromatic heterocycles. The van der Waals surface area contributed by atoms with E-state index in [1.54, 1.807) is 14.2 Å². The van der Waals surface area contributed by atoms with Crippen molar-refractivity contribution in [1.82, 2.24) is 4.90 Å². The van der Waals surface area contributed by atoms with E-state index in [-0.39, 0.29) is 0 Å². The van der Waals surface area contributed by atoms with Gasteiger partial charge >= 0.3 is 0 Å². The first-order valence-electron chi connectivity index (χ1n) is 7.74. The average molecular weight is 275 g/mol. The fourth-order valence-electron chi connectivity index (χ4n) is 4.07. The third-order valence-corrected chi connectivity index (χ3v) is 4.91. The summed E-state index contributed by atoms with van der Waals surface area (Å²) in [5.74, 6) is 3.49. The van der Waals surface area contributed by atoms with Crippen LogP contribution >= 0.6 is 0 Å². The summed E-state index contributed by atoms with van der Waals surface area (Å²) < 4.78 is 11.2. The molecule has 1 saturated heterocycles. The molecule has 1 heterocycles. The molecule has 0 bridgehead atoms. The summed E-state index contributed by atoms with van der Waals surface area (Å²) in [7, 11) is 3.55. The van der Waals surface area contributed by atoms with Gasteiger partial charge in [0.2, 0.25) is 0 Å². The van der Waals surface area contributed by atoms with Crippen molar-refractivity contribution < 1.29 is 9.47 Å². The van der Waals surface area contributed by atoms with Gasteiger partial charge in [0, 0.05) is 30.1 Å². The van der Waals surface area contributed by atoms with Crippen LogP contribution in [0.25, 0.3) is 0 Å². The Bertz CT molecular complexity index is 486. The maximum atomic E-state index is 5.64. The molecule has 20 heavy (non-hydrogen) atoms. The molecule has 2 aliphatic rings. The van der Waals surface area contributed by atoms with Crippen LogP contribution in [0.5, 0.6) is 11.5 Å². The number of methoxy groups -OCH3 is 2. The summed E-state index contributed by atoms with van der Waals surface area (Å²) in [6.07, 6.45) is 3.64. The predicted molar refractivity (Wildman–Crippen MR) is 80.8 cm³/mol. The van der Waals surface area contributed by atoms with Gasteiger partial charge < -0.3 is 14.4 Å². The summed E-state index contributed by atoms with van der Waals surface area (Å²) in [6, 6.07) is 4.12. The van der Waals surface area contributed by atoms with Gasteiger partial charge in [0.1, 0.15) is 11.5 Å². The van der Waals surface area contributed by atoms with E-state index in [4.69, 9.17) is 9.47 Å². The molecule has 0 amide bonds. The van der Waals surface area contributed by atoms with E-state index in [1.165, 1.54) is 43.6 Å². The monoisotopic (exact) mass is 275 g/mol. The summed E-state index contributed by atoms with van der Waals surface area (Å²) in [4.78, 5) is 2.61. The van der Waals surface area contributed by atoms with Gasteiger partial charge in [-0.25, -0.2) is 0 Å². The minimum absolute atomic E-state index is 0.621. The van der Waals surface area contributed by atoms with Crippen LogP contribution in [-0.4, -0.2) is 38.8 Å². The number of benzene rings is 1. The van der Waals surface area contributed by atoms with Crippen LogP contribution in [0.3, 0.4) is 0 Å². The van der Waals surface area contributed by atoms with Gasteiger partial charge in [0.15, 0.2) is 0 Å². The Hall–Kier alpha value is -1.22. The number of hydrogen-bond donors (Lipinski definition) is 0. The normalized spacial score (nSPS) is 25.1. The molecule has 1 aromatic rings. The predicted octanol–water partition coefficient (Wildman–Crippen LogP) is 3.08. The standard InChI is InChI=1S/C17H25NO2/c1-4-9-18-10-12-5-6-13-15(19-2)7-8-16(20-3)17(13)14(12)11-18/h7-8,12,14H,4-6,9-11H2,1-3H3. The van der Waals surface area contributed by atoms with E-state index in [9.17, 15) is 0 Å². The Morgan fingerprint density at radius 2 is 1.90 bits per heavy atom. The van der Waals surface area contributed by atoms with E-state index in [0.29, 0.717) is 5.92 Å². The maximum Gasteiger partial charge on any atom is 0.122 e. The molecular weight excluding hydrogens is 250 g/mol. The lowest BCUT2D eigenvalue weighted by Crippen LogP contribution is -2.21. The quantitative estimate of drug-likeness (QED) is 0.843. The van der Waals surface area contributed by atoms with E-state index < -0.39 is 0 Å². The zero-order valence-electron chi connectivity index (χ0n) is 12.8. The zero-order chi connectivity index (χ0) is 14.1. The molecule has 0 saturated carbocycles. The van der Waals surface area contributed by atoms with Crippen molar-refractivity contribution in [3.05, 3.63) is 23.3 Å². The van der Waals surface area contributed by atoms with Crippen LogP contribution in [0.2, 0.25) is 0 Å². The minimum atomic E-state index is 0.621. The van der Waals surface area contributed by atoms with Crippen LogP contribution in [0.4, 0.5) is 0 Å². The summed E-state index contributed by atoms with van der Waals surface area (Å²) in [5.41, 5.74) is 2.80. The van der Waals surface area contributed by atoms with Crippen LogP contribution < -0.4 is 9.47 Å². The average Bonchev–Trinajstić information content (AvgIpc) is 2.89. The van der Waals surface area contributed by atoms with Crippen molar-refractivity contribution in [1.29, 1.82) is 0 Å². The number of rotatable bonds is 4. The first-order valence-corrected chi connectivity index (χ1v) is 7.74. The largest absolute Gasteiger partial charge is 0.496 e. The number of hydrogen-bond acceptors (Lipinski definition) is 3. The first-order chi connectivity index (χ1) is 9.78. The molecular formula is C17H25NO2. The van der Waals surface area contributed by atoms with Crippen molar-refractivity contribution in [3.63, 3.8) is 0 Å². The van der Waals surface area contributed by atoms with Crippen LogP contribution in [0.1, 0.15) is 36.8 Å². The van der Waals surface area contributed by atoms with Gasteiger partial charge in [0.25, 0.3) is 0 Å². The molecule has 1 aromatic carbocycles. The molecule has 3 heteroatoms. The molecule has 2 unspecified atom stereocenters. The van der Waals surface area contributed by atoms with Gasteiger partial charge in [-0.3, -0.25) is 0 Å². The van der Waals surface area contributed by atoms with Gasteiger partial charge in [-0.05, 0) is 43.9 Å². The van der Waals surface area contributed by atoms with Gasteiger partial charge in [-0.15, -0.1) is 0 Å². The Morgan fingerprint density at radius 3 is 2.60 bits per heavy atom. The Kier molecular flexibility index (Phi) is 3.88. The first kappa shape index (κ1) is 13.7. The fourth-order valence-corrected chi connectivity index (χ4v) is 4.07. The minimum Gasteiger partial charge on any atom is -0.496 e. The second-order valence-corrected chi connectivity index (χ2v) is 6.03. The van der Waals surface area contributed by atoms with E-state index in [1.807, 2.05) is 0 Å². The summed E-state index contributed by atoms with van der Waals surface area (Å²) >= 11 is 0. The summed E-state index contributed by atoms with van der Waals surface area (Å²) in [6.45, 7) is 5.90. The highest BCUT2D eigenvalue weighted by Crippen LogP contribution is 2.47. The number of ether oxygens (including phenoxy) is 2. The lowest BCUT2D eigenvalue weighted by molar-refractivity contribution is 0.321. The van der Waals surface area contributed by atoms with Gasteiger partial charge in [-0.2, -0.15) is 0 Å². The molecule has 1 fully saturated rings. The van der Waals surface area contributed by atoms with E-state index in [2.05, 4.69) is 24.0 Å². The molecule has 1 aliphatic carbocycles. The third-order valence-electron chi connectivity index (χ3n) is 4.91. The second kappa shape index (κ2) is 5.65. The van der Waals surface area contributed by atoms with E-state index >= 15 is 0 Å². The van der Waals surface area contributed by atoms with Crippen molar-refractivity contribution >= 4 is 0 Å². The molecule has 0 N–H and O–H groups in total. The zero-order valence-corrected chi connectivity index (χ0v) is 12.8. The SMILES string of the molecule is CCCN1CC2CCc3c(OC)ccc(OC)c3C2C1. The molecule has 0 spiro atoms. The van der Waals surface area contributed by atoms with Crippen LogP contribution in [-0.2, 0) is 6.42 Å². The molecule has 0 radical (unpaired) electrons. The molecule has 3 rings (SSSR count). The highest BCUT2D eigenvalue weighted by molar-refractivity contribution is 5.52. The number of nitrogens with zero attached hydrogens (tertiary/aromatic N) is 1. The molecule has 3 nitrogen and oxygen atoms in total. The van der Waals surface area contributed by atoms with E-state index in [0.717, 1.165) is 23.8 Å². The molecule has 2 atom stereocenters. The molecule has 110 valence electrons.